The van der Waals surface area contributed by atoms with Crippen LogP contribution in [0.15, 0.2) is 34.7 Å². The number of hydrogen-bond donors (Lipinski definition) is 1. The molecule has 0 saturated heterocycles. The number of aromatic nitrogens is 1. The lowest BCUT2D eigenvalue weighted by Crippen LogP contribution is -2.08. The number of esters is 2. The molecule has 1 aromatic carbocycles. The van der Waals surface area contributed by atoms with E-state index in [-0.39, 0.29) is 12.4 Å². The molecule has 0 bridgehead atoms. The molecule has 7 nitrogen and oxygen atoms in total. The zero-order valence-corrected chi connectivity index (χ0v) is 14.8. The summed E-state index contributed by atoms with van der Waals surface area (Å²) in [6.45, 7) is 4.17. The van der Waals surface area contributed by atoms with E-state index in [0.29, 0.717) is 35.2 Å². The summed E-state index contributed by atoms with van der Waals surface area (Å²) in [5, 5.41) is 6.40. The van der Waals surface area contributed by atoms with Crippen LogP contribution in [0.25, 0.3) is 0 Å². The van der Waals surface area contributed by atoms with Gasteiger partial charge in [-0.05, 0) is 19.9 Å². The second kappa shape index (κ2) is 9.53. The van der Waals surface area contributed by atoms with Gasteiger partial charge in [0.2, 0.25) is 5.13 Å². The molecule has 0 unspecified atom stereocenters. The summed E-state index contributed by atoms with van der Waals surface area (Å²) in [4.78, 5) is 27.6. The van der Waals surface area contributed by atoms with Crippen molar-refractivity contribution in [1.82, 2.24) is 4.98 Å². The average Bonchev–Trinajstić information content (AvgIpc) is 3.03. The Bertz CT molecular complexity index is 758. The Balaban J connectivity index is 1.99. The molecular weight excluding hydrogens is 342 g/mol. The third-order valence-corrected chi connectivity index (χ3v) is 3.80. The van der Waals surface area contributed by atoms with Crippen LogP contribution in [0, 0.1) is 0 Å². The lowest BCUT2D eigenvalue weighted by Gasteiger charge is -2.04. The van der Waals surface area contributed by atoms with E-state index in [1.807, 2.05) is 6.07 Å². The number of hydrazone groups is 1. The predicted molar refractivity (Wildman–Crippen MR) is 96.1 cm³/mol. The van der Waals surface area contributed by atoms with Crippen LogP contribution in [0.5, 0.6) is 0 Å². The predicted octanol–water partition coefficient (Wildman–Crippen LogP) is 2.87. The molecule has 0 fully saturated rings. The number of benzene rings is 1. The highest BCUT2D eigenvalue weighted by atomic mass is 32.1. The van der Waals surface area contributed by atoms with E-state index in [2.05, 4.69) is 15.5 Å². The zero-order chi connectivity index (χ0) is 18.1. The third-order valence-electron chi connectivity index (χ3n) is 3.00. The molecule has 0 aliphatic rings. The van der Waals surface area contributed by atoms with Gasteiger partial charge in [-0.2, -0.15) is 5.10 Å². The second-order valence-electron chi connectivity index (χ2n) is 4.80. The summed E-state index contributed by atoms with van der Waals surface area (Å²) in [5.41, 5.74) is 4.49. The number of rotatable bonds is 8. The highest BCUT2D eigenvalue weighted by Crippen LogP contribution is 2.16. The van der Waals surface area contributed by atoms with E-state index < -0.39 is 5.97 Å². The molecule has 0 atom stereocenters. The van der Waals surface area contributed by atoms with Gasteiger partial charge >= 0.3 is 11.9 Å². The number of carbonyl (C=O) groups is 2. The third kappa shape index (κ3) is 5.68. The van der Waals surface area contributed by atoms with Crippen LogP contribution in [-0.2, 0) is 20.7 Å². The Morgan fingerprint density at radius 2 is 2.00 bits per heavy atom. The molecule has 0 radical (unpaired) electrons. The number of nitrogens with zero attached hydrogens (tertiary/aromatic N) is 2. The second-order valence-corrected chi connectivity index (χ2v) is 5.66. The Morgan fingerprint density at radius 3 is 2.76 bits per heavy atom. The van der Waals surface area contributed by atoms with Crippen LogP contribution in [0.3, 0.4) is 0 Å². The summed E-state index contributed by atoms with van der Waals surface area (Å²) in [5.74, 6) is -0.707. The molecule has 8 heteroatoms. The lowest BCUT2D eigenvalue weighted by atomic mass is 10.1. The van der Waals surface area contributed by atoms with Crippen molar-refractivity contribution in [2.45, 2.75) is 20.3 Å². The summed E-state index contributed by atoms with van der Waals surface area (Å²) in [7, 11) is 0. The highest BCUT2D eigenvalue weighted by Gasteiger charge is 2.10. The monoisotopic (exact) mass is 361 g/mol. The smallest absolute Gasteiger partial charge is 0.338 e. The summed E-state index contributed by atoms with van der Waals surface area (Å²) in [6, 6.07) is 7.02. The van der Waals surface area contributed by atoms with Crippen molar-refractivity contribution in [2.24, 2.45) is 5.10 Å². The van der Waals surface area contributed by atoms with Gasteiger partial charge in [0.1, 0.15) is 0 Å². The average molecular weight is 361 g/mol. The molecule has 0 aliphatic heterocycles. The van der Waals surface area contributed by atoms with Gasteiger partial charge in [0.15, 0.2) is 0 Å². The fourth-order valence-electron chi connectivity index (χ4n) is 1.96. The molecule has 0 spiro atoms. The van der Waals surface area contributed by atoms with E-state index in [1.165, 1.54) is 17.6 Å². The van der Waals surface area contributed by atoms with Crippen molar-refractivity contribution in [3.63, 3.8) is 0 Å². The maximum Gasteiger partial charge on any atom is 0.338 e. The highest BCUT2D eigenvalue weighted by molar-refractivity contribution is 7.13. The van der Waals surface area contributed by atoms with Crippen molar-refractivity contribution in [1.29, 1.82) is 0 Å². The Hall–Kier alpha value is -2.74. The van der Waals surface area contributed by atoms with Gasteiger partial charge in [-0.25, -0.2) is 9.78 Å². The van der Waals surface area contributed by atoms with Gasteiger partial charge in [-0.1, -0.05) is 18.2 Å². The van der Waals surface area contributed by atoms with Crippen LogP contribution >= 0.6 is 11.3 Å². The number of hydrogen-bond acceptors (Lipinski definition) is 8. The van der Waals surface area contributed by atoms with Crippen LogP contribution in [0.2, 0.25) is 0 Å². The Morgan fingerprint density at radius 1 is 1.24 bits per heavy atom. The molecule has 0 amide bonds. The van der Waals surface area contributed by atoms with E-state index >= 15 is 0 Å². The number of thiazole rings is 1. The Labute approximate surface area is 149 Å². The van der Waals surface area contributed by atoms with Gasteiger partial charge in [0.25, 0.3) is 0 Å². The normalized spacial score (nSPS) is 10.6. The van der Waals surface area contributed by atoms with Crippen molar-refractivity contribution in [3.8, 4) is 0 Å². The molecule has 2 rings (SSSR count). The fourth-order valence-corrected chi connectivity index (χ4v) is 2.62. The maximum atomic E-state index is 11.9. The molecule has 1 heterocycles. The molecule has 0 aliphatic carbocycles. The molecule has 0 saturated carbocycles. The maximum absolute atomic E-state index is 11.9. The number of anilines is 1. The largest absolute Gasteiger partial charge is 0.466 e. The van der Waals surface area contributed by atoms with E-state index in [0.717, 1.165) is 0 Å². The van der Waals surface area contributed by atoms with Gasteiger partial charge in [-0.3, -0.25) is 10.2 Å². The van der Waals surface area contributed by atoms with Crippen molar-refractivity contribution < 1.29 is 19.1 Å². The van der Waals surface area contributed by atoms with Crippen LogP contribution in [0.4, 0.5) is 5.13 Å². The minimum absolute atomic E-state index is 0.126. The lowest BCUT2D eigenvalue weighted by molar-refractivity contribution is -0.142. The van der Waals surface area contributed by atoms with Gasteiger partial charge in [-0.15, -0.1) is 11.3 Å². The Kier molecular flexibility index (Phi) is 7.09. The van der Waals surface area contributed by atoms with Crippen molar-refractivity contribution >= 4 is 34.6 Å². The minimum atomic E-state index is -0.393. The summed E-state index contributed by atoms with van der Waals surface area (Å²) in [6.07, 6.45) is 1.65. The standard InChI is InChI=1S/C17H19N3O4S/c1-3-23-15(21)9-13-11-25-17(19-13)20-18-10-12-7-5-6-8-14(12)16(22)24-4-2/h5-8,10-11H,3-4,9H2,1-2H3,(H,19,20). The molecule has 1 aromatic heterocycles. The summed E-state index contributed by atoms with van der Waals surface area (Å²) < 4.78 is 9.90. The number of nitrogens with one attached hydrogen (secondary N) is 1. The van der Waals surface area contributed by atoms with Gasteiger partial charge in [0.05, 0.1) is 37.1 Å². The first-order valence-electron chi connectivity index (χ1n) is 7.79. The summed E-state index contributed by atoms with van der Waals surface area (Å²) >= 11 is 1.33. The van der Waals surface area contributed by atoms with Gasteiger partial charge in [0, 0.05) is 10.9 Å². The van der Waals surface area contributed by atoms with E-state index in [4.69, 9.17) is 9.47 Å². The van der Waals surface area contributed by atoms with Crippen LogP contribution < -0.4 is 5.43 Å². The molecule has 25 heavy (non-hydrogen) atoms. The molecule has 1 N–H and O–H groups in total. The SMILES string of the molecule is CCOC(=O)Cc1csc(NN=Cc2ccccc2C(=O)OCC)n1. The first kappa shape index (κ1) is 18.6. The quantitative estimate of drug-likeness (QED) is 0.442. The topological polar surface area (TPSA) is 89.9 Å². The molecule has 2 aromatic rings. The van der Waals surface area contributed by atoms with Gasteiger partial charge < -0.3 is 9.47 Å². The van der Waals surface area contributed by atoms with Crippen LogP contribution in [-0.4, -0.2) is 36.4 Å². The van der Waals surface area contributed by atoms with Crippen molar-refractivity contribution in [3.05, 3.63) is 46.5 Å². The fraction of sp³-hybridized carbons (Fsp3) is 0.294. The number of ether oxygens (including phenoxy) is 2. The van der Waals surface area contributed by atoms with Crippen molar-refractivity contribution in [2.75, 3.05) is 18.6 Å². The van der Waals surface area contributed by atoms with Crippen LogP contribution in [0.1, 0.15) is 35.5 Å². The number of carbonyl (C=O) groups excluding carboxylic acids is 2. The molecular formula is C17H19N3O4S. The minimum Gasteiger partial charge on any atom is -0.466 e. The first-order valence-corrected chi connectivity index (χ1v) is 8.67. The zero-order valence-electron chi connectivity index (χ0n) is 14.0. The van der Waals surface area contributed by atoms with E-state index in [9.17, 15) is 9.59 Å². The molecule has 132 valence electrons. The first-order chi connectivity index (χ1) is 12.1. The van der Waals surface area contributed by atoms with E-state index in [1.54, 1.807) is 37.4 Å².